The van der Waals surface area contributed by atoms with E-state index < -0.39 is 0 Å². The molecule has 1 atom stereocenters. The fraction of sp³-hybridized carbons (Fsp3) is 0.429. The van der Waals surface area contributed by atoms with Crippen LogP contribution in [0.15, 0.2) is 29.6 Å². The van der Waals surface area contributed by atoms with Crippen LogP contribution in [-0.4, -0.2) is 39.7 Å². The normalized spacial score (nSPS) is 16.9. The van der Waals surface area contributed by atoms with Crippen LogP contribution in [0.5, 0.6) is 0 Å². The van der Waals surface area contributed by atoms with Gasteiger partial charge in [0.25, 0.3) is 0 Å². The van der Waals surface area contributed by atoms with E-state index >= 15 is 0 Å². The number of amides is 1. The summed E-state index contributed by atoms with van der Waals surface area (Å²) in [6.07, 6.45) is 4.01. The zero-order valence-electron chi connectivity index (χ0n) is 16.9. The highest BCUT2D eigenvalue weighted by molar-refractivity contribution is 8.00. The van der Waals surface area contributed by atoms with E-state index in [1.54, 1.807) is 11.3 Å². The third kappa shape index (κ3) is 4.53. The van der Waals surface area contributed by atoms with Gasteiger partial charge in [-0.15, -0.1) is 0 Å². The summed E-state index contributed by atoms with van der Waals surface area (Å²) in [5.74, 6) is 0.947. The topological polar surface area (TPSA) is 71.0 Å². The second-order valence-electron chi connectivity index (χ2n) is 7.61. The Morgan fingerprint density at radius 3 is 3.03 bits per heavy atom. The molecule has 0 bridgehead atoms. The molecule has 1 aliphatic rings. The zero-order valence-corrected chi connectivity index (χ0v) is 18.6. The van der Waals surface area contributed by atoms with Crippen molar-refractivity contribution in [1.29, 1.82) is 0 Å². The van der Waals surface area contributed by atoms with E-state index in [-0.39, 0.29) is 5.91 Å². The van der Waals surface area contributed by atoms with Crippen LogP contribution in [0.3, 0.4) is 0 Å². The van der Waals surface area contributed by atoms with Crippen LogP contribution in [0.4, 0.5) is 10.8 Å². The van der Waals surface area contributed by atoms with Gasteiger partial charge in [0.05, 0.1) is 5.75 Å². The van der Waals surface area contributed by atoms with Crippen LogP contribution >= 0.6 is 23.1 Å². The zero-order chi connectivity index (χ0) is 20.4. The number of nitrogens with zero attached hydrogens (tertiary/aromatic N) is 4. The number of anilines is 2. The number of aryl methyl sites for hydroxylation is 1. The summed E-state index contributed by atoms with van der Waals surface area (Å²) < 4.78 is 0.963. The smallest absolute Gasteiger partial charge is 0.234 e. The predicted octanol–water partition coefficient (Wildman–Crippen LogP) is 4.67. The molecule has 1 amide bonds. The van der Waals surface area contributed by atoms with Crippen LogP contribution < -0.4 is 10.2 Å². The summed E-state index contributed by atoms with van der Waals surface area (Å²) in [7, 11) is 0. The Morgan fingerprint density at radius 2 is 2.21 bits per heavy atom. The molecule has 1 unspecified atom stereocenters. The van der Waals surface area contributed by atoms with Gasteiger partial charge in [-0.05, 0) is 49.8 Å². The molecule has 1 aromatic carbocycles. The van der Waals surface area contributed by atoms with Crippen molar-refractivity contribution in [3.8, 4) is 0 Å². The van der Waals surface area contributed by atoms with Gasteiger partial charge in [-0.2, -0.15) is 4.98 Å². The van der Waals surface area contributed by atoms with Gasteiger partial charge >= 0.3 is 0 Å². The number of fused-ring (bicyclic) bond motifs is 1. The molecule has 6 nitrogen and oxygen atoms in total. The maximum absolute atomic E-state index is 12.5. The summed E-state index contributed by atoms with van der Waals surface area (Å²) in [5.41, 5.74) is 3.84. The number of carbonyl (C=O) groups is 1. The van der Waals surface area contributed by atoms with E-state index in [2.05, 4.69) is 27.1 Å². The molecule has 29 heavy (non-hydrogen) atoms. The Hall–Kier alpha value is -2.19. The van der Waals surface area contributed by atoms with Crippen LogP contribution in [0.2, 0.25) is 0 Å². The minimum atomic E-state index is -0.0370. The number of piperidine rings is 1. The molecule has 152 valence electrons. The molecule has 1 N–H and O–H groups in total. The fourth-order valence-electron chi connectivity index (χ4n) is 3.53. The number of thioether (sulfide) groups is 1. The molecule has 0 radical (unpaired) electrons. The lowest BCUT2D eigenvalue weighted by Gasteiger charge is -2.30. The number of thiazole rings is 1. The van der Waals surface area contributed by atoms with Gasteiger partial charge in [0.15, 0.2) is 10.8 Å². The quantitative estimate of drug-likeness (QED) is 0.471. The third-order valence-electron chi connectivity index (χ3n) is 5.29. The molecule has 0 aliphatic carbocycles. The molecule has 1 saturated heterocycles. The van der Waals surface area contributed by atoms with Gasteiger partial charge in [0, 0.05) is 18.8 Å². The van der Waals surface area contributed by atoms with Crippen molar-refractivity contribution in [2.45, 2.75) is 38.6 Å². The number of nitrogens with one attached hydrogen (secondary N) is 1. The van der Waals surface area contributed by atoms with Crippen molar-refractivity contribution in [3.05, 3.63) is 35.7 Å². The van der Waals surface area contributed by atoms with E-state index in [1.165, 1.54) is 30.9 Å². The average molecular weight is 428 g/mol. The minimum absolute atomic E-state index is 0.0370. The van der Waals surface area contributed by atoms with Crippen LogP contribution in [0, 0.1) is 19.8 Å². The van der Waals surface area contributed by atoms with Crippen molar-refractivity contribution in [2.75, 3.05) is 29.1 Å². The molecule has 0 spiro atoms. The van der Waals surface area contributed by atoms with Gasteiger partial charge in [0.1, 0.15) is 16.1 Å². The fourth-order valence-corrected chi connectivity index (χ4v) is 5.46. The van der Waals surface area contributed by atoms with Crippen molar-refractivity contribution in [1.82, 2.24) is 15.0 Å². The van der Waals surface area contributed by atoms with Gasteiger partial charge in [0.2, 0.25) is 5.91 Å². The molecular weight excluding hydrogens is 402 g/mol. The largest absolute Gasteiger partial charge is 0.348 e. The summed E-state index contributed by atoms with van der Waals surface area (Å²) in [4.78, 5) is 28.3. The Balaban J connectivity index is 1.46. The predicted molar refractivity (Wildman–Crippen MR) is 121 cm³/mol. The van der Waals surface area contributed by atoms with Gasteiger partial charge < -0.3 is 10.2 Å². The van der Waals surface area contributed by atoms with Gasteiger partial charge in [-0.1, -0.05) is 42.2 Å². The number of benzene rings is 1. The number of aromatic nitrogens is 3. The van der Waals surface area contributed by atoms with E-state index in [0.29, 0.717) is 11.7 Å². The Morgan fingerprint density at radius 1 is 1.34 bits per heavy atom. The molecule has 1 fully saturated rings. The van der Waals surface area contributed by atoms with Crippen molar-refractivity contribution in [2.24, 2.45) is 5.92 Å². The molecule has 0 saturated carbocycles. The van der Waals surface area contributed by atoms with Crippen LogP contribution in [0.25, 0.3) is 10.3 Å². The number of hydrogen-bond donors (Lipinski definition) is 1. The molecule has 2 aromatic heterocycles. The first kappa shape index (κ1) is 20.1. The summed E-state index contributed by atoms with van der Waals surface area (Å²) in [6.45, 7) is 8.43. The van der Waals surface area contributed by atoms with E-state index in [0.717, 1.165) is 50.4 Å². The van der Waals surface area contributed by atoms with Crippen LogP contribution in [0.1, 0.15) is 30.9 Å². The first-order valence-electron chi connectivity index (χ1n) is 9.86. The van der Waals surface area contributed by atoms with Crippen molar-refractivity contribution in [3.63, 3.8) is 0 Å². The van der Waals surface area contributed by atoms with Gasteiger partial charge in [-0.3, -0.25) is 4.79 Å². The van der Waals surface area contributed by atoms with Crippen molar-refractivity contribution >= 4 is 50.2 Å². The lowest BCUT2D eigenvalue weighted by Crippen LogP contribution is -2.34. The van der Waals surface area contributed by atoms with E-state index in [4.69, 9.17) is 4.98 Å². The summed E-state index contributed by atoms with van der Waals surface area (Å²) >= 11 is 3.07. The van der Waals surface area contributed by atoms with E-state index in [1.807, 2.05) is 32.0 Å². The van der Waals surface area contributed by atoms with Crippen LogP contribution in [-0.2, 0) is 4.79 Å². The third-order valence-corrected chi connectivity index (χ3v) is 7.52. The lowest BCUT2D eigenvalue weighted by molar-refractivity contribution is -0.113. The highest BCUT2D eigenvalue weighted by atomic mass is 32.2. The maximum atomic E-state index is 12.5. The Kier molecular flexibility index (Phi) is 6.01. The molecular formula is C21H25N5OS2. The SMILES string of the molecule is Cc1cccc(NC(=O)CSc2ncnc3nc(N4CCCC(C)C4)sc23)c1C. The monoisotopic (exact) mass is 427 g/mol. The average Bonchev–Trinajstić information content (AvgIpc) is 3.15. The Labute approximate surface area is 179 Å². The Bertz CT molecular complexity index is 1040. The standard InChI is InChI=1S/C21H25N5OS2/c1-13-6-5-9-26(10-13)21-25-19-18(29-21)20(23-12-22-19)28-11-17(27)24-16-8-4-7-14(2)15(16)3/h4,7-8,12-13H,5-6,9-11H2,1-3H3,(H,24,27). The first-order valence-corrected chi connectivity index (χ1v) is 11.7. The highest BCUT2D eigenvalue weighted by Gasteiger charge is 2.21. The molecule has 1 aliphatic heterocycles. The minimum Gasteiger partial charge on any atom is -0.348 e. The van der Waals surface area contributed by atoms with Crippen molar-refractivity contribution < 1.29 is 4.79 Å². The second kappa shape index (κ2) is 8.67. The summed E-state index contributed by atoms with van der Waals surface area (Å²) in [5, 5.41) is 4.83. The molecule has 3 heterocycles. The molecule has 3 aromatic rings. The summed E-state index contributed by atoms with van der Waals surface area (Å²) in [6, 6.07) is 5.93. The first-order chi connectivity index (χ1) is 14.0. The van der Waals surface area contributed by atoms with Gasteiger partial charge in [-0.25, -0.2) is 9.97 Å². The molecule has 8 heteroatoms. The second-order valence-corrected chi connectivity index (χ2v) is 9.55. The number of carbonyl (C=O) groups excluding carboxylic acids is 1. The lowest BCUT2D eigenvalue weighted by atomic mass is 10.0. The maximum Gasteiger partial charge on any atom is 0.234 e. The van der Waals surface area contributed by atoms with E-state index in [9.17, 15) is 4.79 Å². The molecule has 4 rings (SSSR count). The number of hydrogen-bond acceptors (Lipinski definition) is 7. The number of rotatable bonds is 5. The highest BCUT2D eigenvalue weighted by Crippen LogP contribution is 2.35.